The van der Waals surface area contributed by atoms with Gasteiger partial charge in [0.1, 0.15) is 6.61 Å². The van der Waals surface area contributed by atoms with Gasteiger partial charge in [-0.2, -0.15) is 8.78 Å². The molecular formula is C16H13F2NO2. The third-order valence-electron chi connectivity index (χ3n) is 3.43. The van der Waals surface area contributed by atoms with Gasteiger partial charge in [0.05, 0.1) is 6.54 Å². The second-order valence-corrected chi connectivity index (χ2v) is 4.82. The molecule has 0 atom stereocenters. The zero-order valence-electron chi connectivity index (χ0n) is 11.1. The summed E-state index contributed by atoms with van der Waals surface area (Å²) in [6.45, 7) is -0.167. The summed E-state index contributed by atoms with van der Waals surface area (Å²) in [7, 11) is 0. The topological polar surface area (TPSA) is 29.5 Å². The van der Waals surface area contributed by atoms with Crippen LogP contribution in [0, 0.1) is 0 Å². The van der Waals surface area contributed by atoms with E-state index in [1.807, 2.05) is 6.07 Å². The fourth-order valence-corrected chi connectivity index (χ4v) is 2.34. The molecule has 0 N–H and O–H groups in total. The fourth-order valence-electron chi connectivity index (χ4n) is 2.34. The number of rotatable bonds is 2. The van der Waals surface area contributed by atoms with Crippen molar-refractivity contribution in [1.82, 2.24) is 4.90 Å². The highest BCUT2D eigenvalue weighted by Crippen LogP contribution is 2.42. The number of ether oxygens (including phenoxy) is 1. The van der Waals surface area contributed by atoms with E-state index in [1.165, 1.54) is 12.1 Å². The first-order valence-corrected chi connectivity index (χ1v) is 6.53. The van der Waals surface area contributed by atoms with Gasteiger partial charge in [0.25, 0.3) is 0 Å². The molecule has 0 saturated heterocycles. The lowest BCUT2D eigenvalue weighted by Gasteiger charge is -2.23. The molecule has 2 aromatic carbocycles. The average molecular weight is 289 g/mol. The third-order valence-corrected chi connectivity index (χ3v) is 3.43. The van der Waals surface area contributed by atoms with Crippen LogP contribution < -0.4 is 0 Å². The second kappa shape index (κ2) is 5.16. The minimum Gasteiger partial charge on any atom is -0.444 e. The number of carbonyl (C=O) groups is 1. The van der Waals surface area contributed by atoms with E-state index in [1.54, 1.807) is 36.4 Å². The second-order valence-electron chi connectivity index (χ2n) is 4.82. The van der Waals surface area contributed by atoms with Gasteiger partial charge < -0.3 is 4.74 Å². The van der Waals surface area contributed by atoms with Gasteiger partial charge in [0, 0.05) is 5.56 Å². The van der Waals surface area contributed by atoms with E-state index in [9.17, 15) is 13.6 Å². The highest BCUT2D eigenvalue weighted by atomic mass is 19.3. The monoisotopic (exact) mass is 289 g/mol. The first kappa shape index (κ1) is 13.5. The van der Waals surface area contributed by atoms with Crippen molar-refractivity contribution in [1.29, 1.82) is 0 Å². The maximum absolute atomic E-state index is 14.2. The molecule has 1 aliphatic rings. The lowest BCUT2D eigenvalue weighted by molar-refractivity contribution is -0.130. The summed E-state index contributed by atoms with van der Waals surface area (Å²) in [5, 5.41) is 0. The van der Waals surface area contributed by atoms with E-state index in [2.05, 4.69) is 0 Å². The summed E-state index contributed by atoms with van der Waals surface area (Å²) in [6.07, 6.45) is -1.01. The van der Waals surface area contributed by atoms with Gasteiger partial charge in [-0.1, -0.05) is 54.6 Å². The Balaban J connectivity index is 1.72. The molecule has 3 rings (SSSR count). The number of hydrogen-bond acceptors (Lipinski definition) is 2. The van der Waals surface area contributed by atoms with Gasteiger partial charge in [-0.3, -0.25) is 0 Å². The van der Waals surface area contributed by atoms with Crippen LogP contribution in [0.2, 0.25) is 0 Å². The van der Waals surface area contributed by atoms with Gasteiger partial charge in [0.2, 0.25) is 0 Å². The van der Waals surface area contributed by atoms with Crippen LogP contribution in [0.5, 0.6) is 0 Å². The maximum Gasteiger partial charge on any atom is 0.415 e. The number of alkyl halides is 2. The molecule has 1 heterocycles. The van der Waals surface area contributed by atoms with E-state index in [-0.39, 0.29) is 18.7 Å². The summed E-state index contributed by atoms with van der Waals surface area (Å²) in [5.74, 6) is 0. The highest BCUT2D eigenvalue weighted by Gasteiger charge is 2.49. The smallest absolute Gasteiger partial charge is 0.415 e. The van der Waals surface area contributed by atoms with Crippen molar-refractivity contribution in [2.45, 2.75) is 19.2 Å². The van der Waals surface area contributed by atoms with E-state index in [0.29, 0.717) is 10.5 Å². The molecule has 0 spiro atoms. The molecule has 108 valence electrons. The van der Waals surface area contributed by atoms with Gasteiger partial charge in [-0.25, -0.2) is 9.69 Å². The first-order chi connectivity index (χ1) is 10.1. The molecule has 0 aromatic heterocycles. The van der Waals surface area contributed by atoms with Gasteiger partial charge >= 0.3 is 12.1 Å². The molecule has 0 saturated carbocycles. The first-order valence-electron chi connectivity index (χ1n) is 6.53. The molecule has 2 aromatic rings. The van der Waals surface area contributed by atoms with Crippen molar-refractivity contribution in [3.8, 4) is 0 Å². The number of halogens is 2. The van der Waals surface area contributed by atoms with E-state index >= 15 is 0 Å². The van der Waals surface area contributed by atoms with Crippen LogP contribution in [0.15, 0.2) is 54.6 Å². The van der Waals surface area contributed by atoms with Gasteiger partial charge in [-0.05, 0) is 11.1 Å². The summed E-state index contributed by atoms with van der Waals surface area (Å²) >= 11 is 0. The Bertz CT molecular complexity index is 658. The Labute approximate surface area is 120 Å². The van der Waals surface area contributed by atoms with Crippen LogP contribution in [-0.4, -0.2) is 11.0 Å². The van der Waals surface area contributed by atoms with Gasteiger partial charge in [-0.15, -0.1) is 0 Å². The minimum atomic E-state index is -3.33. The molecule has 0 fully saturated rings. The predicted octanol–water partition coefficient (Wildman–Crippen LogP) is 3.89. The number of hydrogen-bond donors (Lipinski definition) is 0. The van der Waals surface area contributed by atoms with Crippen LogP contribution in [0.1, 0.15) is 16.7 Å². The largest absolute Gasteiger partial charge is 0.444 e. The number of amides is 1. The van der Waals surface area contributed by atoms with Crippen LogP contribution in [0.25, 0.3) is 0 Å². The maximum atomic E-state index is 14.2. The fraction of sp³-hybridized carbons (Fsp3) is 0.188. The quantitative estimate of drug-likeness (QED) is 0.785. The third kappa shape index (κ3) is 2.46. The Kier molecular flexibility index (Phi) is 3.33. The number of benzene rings is 2. The summed E-state index contributed by atoms with van der Waals surface area (Å²) in [6, 6.07) is 11.8. The average Bonchev–Trinajstić information content (AvgIpc) is 2.78. The molecule has 1 aliphatic heterocycles. The Hall–Kier alpha value is -2.43. The molecule has 21 heavy (non-hydrogen) atoms. The number of fused-ring (bicyclic) bond motifs is 1. The number of carbonyl (C=O) groups excluding carboxylic acids is 1. The van der Waals surface area contributed by atoms with E-state index < -0.39 is 12.1 Å². The SMILES string of the molecule is O=C(OCc1ccccc1)N1Cc2ccccc2C1(F)F. The highest BCUT2D eigenvalue weighted by molar-refractivity contribution is 5.70. The lowest BCUT2D eigenvalue weighted by atomic mass is 10.1. The predicted molar refractivity (Wildman–Crippen MR) is 72.5 cm³/mol. The normalized spacial score (nSPS) is 15.6. The molecule has 0 unspecified atom stereocenters. The van der Waals surface area contributed by atoms with Crippen LogP contribution in [0.3, 0.4) is 0 Å². The molecular weight excluding hydrogens is 276 g/mol. The van der Waals surface area contributed by atoms with E-state index in [0.717, 1.165) is 5.56 Å². The standard InChI is InChI=1S/C16H13F2NO2/c17-16(18)14-9-5-4-8-13(14)10-19(16)15(20)21-11-12-6-2-1-3-7-12/h1-9H,10-11H2. The summed E-state index contributed by atoms with van der Waals surface area (Å²) in [4.78, 5) is 12.4. The molecule has 1 amide bonds. The van der Waals surface area contributed by atoms with Crippen LogP contribution in [-0.2, 0) is 23.9 Å². The number of nitrogens with zero attached hydrogens (tertiary/aromatic N) is 1. The zero-order valence-corrected chi connectivity index (χ0v) is 11.1. The van der Waals surface area contributed by atoms with Crippen LogP contribution in [0.4, 0.5) is 13.6 Å². The molecule has 5 heteroatoms. The van der Waals surface area contributed by atoms with Crippen LogP contribution >= 0.6 is 0 Å². The summed E-state index contributed by atoms with van der Waals surface area (Å²) in [5.41, 5.74) is 1.06. The van der Waals surface area contributed by atoms with Gasteiger partial charge in [0.15, 0.2) is 0 Å². The van der Waals surface area contributed by atoms with Crippen molar-refractivity contribution in [2.24, 2.45) is 0 Å². The Morgan fingerprint density at radius 3 is 2.48 bits per heavy atom. The Morgan fingerprint density at radius 2 is 1.76 bits per heavy atom. The molecule has 0 aliphatic carbocycles. The van der Waals surface area contributed by atoms with Crippen molar-refractivity contribution >= 4 is 6.09 Å². The summed E-state index contributed by atoms with van der Waals surface area (Å²) < 4.78 is 33.4. The Morgan fingerprint density at radius 1 is 1.10 bits per heavy atom. The van der Waals surface area contributed by atoms with Crippen molar-refractivity contribution in [2.75, 3.05) is 0 Å². The molecule has 3 nitrogen and oxygen atoms in total. The van der Waals surface area contributed by atoms with Crippen molar-refractivity contribution < 1.29 is 18.3 Å². The lowest BCUT2D eigenvalue weighted by Crippen LogP contribution is -2.38. The zero-order chi connectivity index (χ0) is 14.9. The molecule has 0 bridgehead atoms. The molecule has 0 radical (unpaired) electrons. The van der Waals surface area contributed by atoms with Crippen molar-refractivity contribution in [3.05, 3.63) is 71.3 Å². The van der Waals surface area contributed by atoms with Crippen molar-refractivity contribution in [3.63, 3.8) is 0 Å². The minimum absolute atomic E-state index is 0.0252. The van der Waals surface area contributed by atoms with E-state index in [4.69, 9.17) is 4.74 Å².